The summed E-state index contributed by atoms with van der Waals surface area (Å²) < 4.78 is 91.1. The summed E-state index contributed by atoms with van der Waals surface area (Å²) in [4.78, 5) is 0. The van der Waals surface area contributed by atoms with Crippen LogP contribution in [0.15, 0.2) is 63.8 Å². The Kier molecular flexibility index (Phi) is 7.56. The van der Waals surface area contributed by atoms with Crippen LogP contribution in [0.2, 0.25) is 0 Å². The number of hydrogen-bond donors (Lipinski definition) is 2. The Labute approximate surface area is 170 Å². The van der Waals surface area contributed by atoms with Gasteiger partial charge < -0.3 is 10.5 Å². The van der Waals surface area contributed by atoms with Crippen LogP contribution in [-0.2, 0) is 6.18 Å². The fraction of sp³-hybridized carbons (Fsp3) is 0.167. The number of nitrogens with zero attached hydrogens (tertiary/aromatic N) is 3. The van der Waals surface area contributed by atoms with Crippen molar-refractivity contribution < 1.29 is 35.5 Å². The molecular formula is C18H14F7N5O. The van der Waals surface area contributed by atoms with Crippen molar-refractivity contribution in [2.75, 3.05) is 0 Å². The number of hydrogen-bond acceptors (Lipinski definition) is 4. The van der Waals surface area contributed by atoms with Crippen LogP contribution in [0.5, 0.6) is 5.75 Å². The van der Waals surface area contributed by atoms with Crippen LogP contribution >= 0.6 is 0 Å². The van der Waals surface area contributed by atoms with Gasteiger partial charge in [0.1, 0.15) is 5.75 Å². The lowest BCUT2D eigenvalue weighted by molar-refractivity contribution is -0.253. The van der Waals surface area contributed by atoms with E-state index in [1.807, 2.05) is 0 Å². The van der Waals surface area contributed by atoms with E-state index in [2.05, 4.69) is 25.5 Å². The lowest BCUT2D eigenvalue weighted by atomic mass is 10.1. The summed E-state index contributed by atoms with van der Waals surface area (Å²) in [6.45, 7) is 0. The van der Waals surface area contributed by atoms with E-state index in [4.69, 9.17) is 5.73 Å². The standard InChI is InChI=1S/C18H14F7N5O/c19-15(20)18(24,25)31-14-7-3-12(4-8-14)10-28-30-16(26)29-27-9-11-1-5-13(6-2-11)17(21,22)23/h1-10,15H,(H3,26,29,30). The van der Waals surface area contributed by atoms with Crippen LogP contribution in [0.25, 0.3) is 0 Å². The number of guanidine groups is 1. The summed E-state index contributed by atoms with van der Waals surface area (Å²) in [5.41, 5.74) is 7.74. The molecule has 0 aliphatic rings. The van der Waals surface area contributed by atoms with Crippen LogP contribution in [-0.4, -0.2) is 30.9 Å². The summed E-state index contributed by atoms with van der Waals surface area (Å²) in [7, 11) is 0. The first-order valence-electron chi connectivity index (χ1n) is 8.25. The van der Waals surface area contributed by atoms with Gasteiger partial charge in [-0.1, -0.05) is 12.1 Å². The molecule has 0 spiro atoms. The minimum absolute atomic E-state index is 0.254. The van der Waals surface area contributed by atoms with Crippen molar-refractivity contribution in [1.29, 1.82) is 0 Å². The maximum atomic E-state index is 12.8. The van der Waals surface area contributed by atoms with Gasteiger partial charge in [0.25, 0.3) is 0 Å². The first-order valence-corrected chi connectivity index (χ1v) is 8.25. The van der Waals surface area contributed by atoms with Gasteiger partial charge >= 0.3 is 18.7 Å². The molecule has 2 aromatic rings. The fourth-order valence-electron chi connectivity index (χ4n) is 1.93. The molecule has 0 amide bonds. The molecule has 0 aromatic heterocycles. The summed E-state index contributed by atoms with van der Waals surface area (Å²) in [5, 5.41) is 10.8. The van der Waals surface area contributed by atoms with Crippen molar-refractivity contribution in [2.24, 2.45) is 21.0 Å². The molecule has 0 bridgehead atoms. The second-order valence-corrected chi connectivity index (χ2v) is 5.75. The molecule has 0 unspecified atom stereocenters. The molecule has 0 radical (unpaired) electrons. The third-order valence-corrected chi connectivity index (χ3v) is 3.39. The van der Waals surface area contributed by atoms with Crippen molar-refractivity contribution in [3.63, 3.8) is 0 Å². The Balaban J connectivity index is 1.88. The first-order chi connectivity index (χ1) is 14.5. The van der Waals surface area contributed by atoms with E-state index in [9.17, 15) is 30.7 Å². The number of ether oxygens (including phenoxy) is 1. The lowest BCUT2D eigenvalue weighted by Crippen LogP contribution is -2.33. The minimum Gasteiger partial charge on any atom is -0.428 e. The summed E-state index contributed by atoms with van der Waals surface area (Å²) in [5.74, 6) is -0.718. The molecule has 6 nitrogen and oxygen atoms in total. The number of hydrazone groups is 1. The van der Waals surface area contributed by atoms with Crippen LogP contribution in [0.1, 0.15) is 16.7 Å². The highest BCUT2D eigenvalue weighted by atomic mass is 19.4. The topological polar surface area (TPSA) is 84.4 Å². The van der Waals surface area contributed by atoms with E-state index in [1.165, 1.54) is 36.7 Å². The summed E-state index contributed by atoms with van der Waals surface area (Å²) in [6, 6.07) is 8.83. The molecule has 13 heteroatoms. The van der Waals surface area contributed by atoms with Gasteiger partial charge in [-0.2, -0.15) is 40.9 Å². The maximum Gasteiger partial charge on any atom is 0.461 e. The van der Waals surface area contributed by atoms with E-state index in [-0.39, 0.29) is 5.96 Å². The van der Waals surface area contributed by atoms with Crippen molar-refractivity contribution in [2.45, 2.75) is 18.7 Å². The largest absolute Gasteiger partial charge is 0.461 e. The molecule has 0 fully saturated rings. The molecule has 2 aromatic carbocycles. The highest BCUT2D eigenvalue weighted by molar-refractivity contribution is 5.84. The van der Waals surface area contributed by atoms with Gasteiger partial charge in [-0.25, -0.2) is 5.43 Å². The zero-order valence-corrected chi connectivity index (χ0v) is 15.3. The third-order valence-electron chi connectivity index (χ3n) is 3.39. The number of halogens is 7. The van der Waals surface area contributed by atoms with Crippen molar-refractivity contribution in [1.82, 2.24) is 5.43 Å². The highest BCUT2D eigenvalue weighted by Crippen LogP contribution is 2.29. The first kappa shape index (κ1) is 23.6. The molecule has 0 atom stereocenters. The molecule has 0 aliphatic heterocycles. The molecule has 166 valence electrons. The van der Waals surface area contributed by atoms with E-state index >= 15 is 0 Å². The Bertz CT molecular complexity index is 939. The minimum atomic E-state index is -4.61. The molecule has 0 heterocycles. The number of benzene rings is 2. The molecule has 3 N–H and O–H groups in total. The SMILES string of the molecule is NC(=NN=Cc1ccc(C(F)(F)F)cc1)NN=Cc1ccc(OC(F)(F)C(F)F)cc1. The van der Waals surface area contributed by atoms with Crippen molar-refractivity contribution in [3.05, 3.63) is 65.2 Å². The number of rotatable bonds is 7. The van der Waals surface area contributed by atoms with Gasteiger partial charge in [0, 0.05) is 0 Å². The number of nitrogens with one attached hydrogen (secondary N) is 1. The van der Waals surface area contributed by atoms with Crippen LogP contribution in [0, 0.1) is 0 Å². The van der Waals surface area contributed by atoms with Crippen molar-refractivity contribution >= 4 is 18.4 Å². The second kappa shape index (κ2) is 9.91. The van der Waals surface area contributed by atoms with E-state index in [1.54, 1.807) is 0 Å². The second-order valence-electron chi connectivity index (χ2n) is 5.75. The number of nitrogens with two attached hydrogens (primary N) is 1. The fourth-order valence-corrected chi connectivity index (χ4v) is 1.93. The molecule has 0 saturated carbocycles. The molecule has 2 rings (SSSR count). The average molecular weight is 449 g/mol. The molecule has 31 heavy (non-hydrogen) atoms. The average Bonchev–Trinajstić information content (AvgIpc) is 2.69. The Morgan fingerprint density at radius 2 is 1.45 bits per heavy atom. The Morgan fingerprint density at radius 1 is 0.903 bits per heavy atom. The highest BCUT2D eigenvalue weighted by Gasteiger charge is 2.43. The summed E-state index contributed by atoms with van der Waals surface area (Å²) in [6.07, 6.45) is -10.6. The van der Waals surface area contributed by atoms with Crippen LogP contribution in [0.3, 0.4) is 0 Å². The Morgan fingerprint density at radius 3 is 2.00 bits per heavy atom. The normalized spacial score (nSPS) is 13.4. The predicted molar refractivity (Wildman–Crippen MR) is 99.4 cm³/mol. The molecule has 0 aliphatic carbocycles. The van der Waals surface area contributed by atoms with Gasteiger partial charge in [0.2, 0.25) is 5.96 Å². The van der Waals surface area contributed by atoms with E-state index < -0.39 is 30.0 Å². The van der Waals surface area contributed by atoms with Gasteiger partial charge in [-0.15, -0.1) is 5.10 Å². The third kappa shape index (κ3) is 7.60. The van der Waals surface area contributed by atoms with Gasteiger partial charge in [-0.3, -0.25) is 0 Å². The predicted octanol–water partition coefficient (Wildman–Crippen LogP) is 4.21. The van der Waals surface area contributed by atoms with Gasteiger partial charge in [0.15, 0.2) is 0 Å². The van der Waals surface area contributed by atoms with E-state index in [0.29, 0.717) is 11.1 Å². The zero-order chi connectivity index (χ0) is 23.1. The van der Waals surface area contributed by atoms with Gasteiger partial charge in [-0.05, 0) is 47.5 Å². The zero-order valence-electron chi connectivity index (χ0n) is 15.3. The number of alkyl halides is 7. The van der Waals surface area contributed by atoms with Crippen molar-refractivity contribution in [3.8, 4) is 5.75 Å². The summed E-state index contributed by atoms with van der Waals surface area (Å²) >= 11 is 0. The smallest absolute Gasteiger partial charge is 0.428 e. The van der Waals surface area contributed by atoms with Crippen LogP contribution < -0.4 is 15.9 Å². The van der Waals surface area contributed by atoms with Gasteiger partial charge in [0.05, 0.1) is 18.0 Å². The van der Waals surface area contributed by atoms with E-state index in [0.717, 1.165) is 24.3 Å². The van der Waals surface area contributed by atoms with Crippen LogP contribution in [0.4, 0.5) is 30.7 Å². The maximum absolute atomic E-state index is 12.8. The Hall–Kier alpha value is -3.64. The molecule has 0 saturated heterocycles. The quantitative estimate of drug-likeness (QED) is 0.288. The molecular weight excluding hydrogens is 435 g/mol. The lowest BCUT2D eigenvalue weighted by Gasteiger charge is -2.16. The monoisotopic (exact) mass is 449 g/mol.